The van der Waals surface area contributed by atoms with Crippen molar-refractivity contribution in [3.63, 3.8) is 0 Å². The van der Waals surface area contributed by atoms with Gasteiger partial charge in [0.1, 0.15) is 12.6 Å². The van der Waals surface area contributed by atoms with Crippen LogP contribution in [0.5, 0.6) is 0 Å². The van der Waals surface area contributed by atoms with Gasteiger partial charge in [0.15, 0.2) is 0 Å². The van der Waals surface area contributed by atoms with Crippen LogP contribution in [0.2, 0.25) is 0 Å². The SMILES string of the molecule is Cc1ccc(C=CC(=O)N2C(=O)OC[C@@H]2c2ccccc2)cc1. The molecule has 0 unspecified atom stereocenters. The Bertz CT molecular complexity index is 735. The Labute approximate surface area is 135 Å². The Hall–Kier alpha value is -2.88. The predicted octanol–water partition coefficient (Wildman–Crippen LogP) is 3.73. The smallest absolute Gasteiger partial charge is 0.417 e. The average molecular weight is 307 g/mol. The van der Waals surface area contributed by atoms with Crippen molar-refractivity contribution in [2.24, 2.45) is 0 Å². The van der Waals surface area contributed by atoms with Crippen molar-refractivity contribution >= 4 is 18.1 Å². The molecule has 1 atom stereocenters. The molecule has 4 heteroatoms. The molecule has 0 radical (unpaired) electrons. The van der Waals surface area contributed by atoms with Gasteiger partial charge in [-0.2, -0.15) is 0 Å². The van der Waals surface area contributed by atoms with Crippen molar-refractivity contribution in [2.75, 3.05) is 6.61 Å². The summed E-state index contributed by atoms with van der Waals surface area (Å²) in [5.41, 5.74) is 2.95. The summed E-state index contributed by atoms with van der Waals surface area (Å²) >= 11 is 0. The Morgan fingerprint density at radius 1 is 1.13 bits per heavy atom. The van der Waals surface area contributed by atoms with E-state index in [0.29, 0.717) is 0 Å². The van der Waals surface area contributed by atoms with Crippen LogP contribution in [0, 0.1) is 6.92 Å². The lowest BCUT2D eigenvalue weighted by atomic mass is 10.1. The Morgan fingerprint density at radius 3 is 2.52 bits per heavy atom. The van der Waals surface area contributed by atoms with E-state index in [9.17, 15) is 9.59 Å². The number of carbonyl (C=O) groups excluding carboxylic acids is 2. The minimum absolute atomic E-state index is 0.187. The van der Waals surface area contributed by atoms with Gasteiger partial charge in [0, 0.05) is 6.08 Å². The molecule has 0 aromatic heterocycles. The van der Waals surface area contributed by atoms with Crippen LogP contribution in [-0.4, -0.2) is 23.5 Å². The summed E-state index contributed by atoms with van der Waals surface area (Å²) in [6, 6.07) is 16.8. The van der Waals surface area contributed by atoms with Gasteiger partial charge in [-0.15, -0.1) is 0 Å². The number of imide groups is 1. The third-order valence-corrected chi connectivity index (χ3v) is 3.79. The molecule has 4 nitrogen and oxygen atoms in total. The zero-order chi connectivity index (χ0) is 16.2. The van der Waals surface area contributed by atoms with Gasteiger partial charge in [0.05, 0.1) is 0 Å². The summed E-state index contributed by atoms with van der Waals surface area (Å²) in [6.07, 6.45) is 2.51. The molecule has 1 aliphatic rings. The third kappa shape index (κ3) is 3.31. The van der Waals surface area contributed by atoms with Crippen LogP contribution >= 0.6 is 0 Å². The van der Waals surface area contributed by atoms with Gasteiger partial charge in [-0.1, -0.05) is 60.2 Å². The number of rotatable bonds is 3. The summed E-state index contributed by atoms with van der Waals surface area (Å²) in [7, 11) is 0. The van der Waals surface area contributed by atoms with Gasteiger partial charge in [-0.25, -0.2) is 9.69 Å². The number of hydrogen-bond donors (Lipinski definition) is 0. The second-order valence-electron chi connectivity index (χ2n) is 5.46. The number of aryl methyl sites for hydroxylation is 1. The standard InChI is InChI=1S/C19H17NO3/c1-14-7-9-15(10-8-14)11-12-18(21)20-17(13-23-19(20)22)16-5-3-2-4-6-16/h2-12,17H,13H2,1H3/t17-/m1/s1. The van der Waals surface area contributed by atoms with Crippen LogP contribution in [0.25, 0.3) is 6.08 Å². The van der Waals surface area contributed by atoms with Crippen LogP contribution in [0.4, 0.5) is 4.79 Å². The summed E-state index contributed by atoms with van der Waals surface area (Å²) < 4.78 is 5.05. The molecule has 1 fully saturated rings. The van der Waals surface area contributed by atoms with E-state index in [1.165, 1.54) is 11.0 Å². The Balaban J connectivity index is 1.79. The highest BCUT2D eigenvalue weighted by atomic mass is 16.6. The fourth-order valence-corrected chi connectivity index (χ4v) is 2.51. The number of nitrogens with zero attached hydrogens (tertiary/aromatic N) is 1. The van der Waals surface area contributed by atoms with Gasteiger partial charge in [0.2, 0.25) is 0 Å². The van der Waals surface area contributed by atoms with E-state index in [1.54, 1.807) is 6.08 Å². The first-order valence-corrected chi connectivity index (χ1v) is 7.45. The van der Waals surface area contributed by atoms with E-state index < -0.39 is 6.09 Å². The van der Waals surface area contributed by atoms with E-state index in [1.807, 2.05) is 61.5 Å². The summed E-state index contributed by atoms with van der Waals surface area (Å²) in [5, 5.41) is 0. The number of ether oxygens (including phenoxy) is 1. The molecule has 116 valence electrons. The monoisotopic (exact) mass is 307 g/mol. The van der Waals surface area contributed by atoms with E-state index >= 15 is 0 Å². The van der Waals surface area contributed by atoms with Crippen molar-refractivity contribution in [3.8, 4) is 0 Å². The van der Waals surface area contributed by atoms with Gasteiger partial charge in [-0.05, 0) is 24.1 Å². The molecule has 0 aliphatic carbocycles. The number of benzene rings is 2. The molecule has 1 saturated heterocycles. The molecule has 2 aromatic carbocycles. The maximum atomic E-state index is 12.4. The lowest BCUT2D eigenvalue weighted by molar-refractivity contribution is -0.124. The molecule has 3 rings (SSSR count). The van der Waals surface area contributed by atoms with Crippen LogP contribution in [-0.2, 0) is 9.53 Å². The molecule has 2 aromatic rings. The fraction of sp³-hybridized carbons (Fsp3) is 0.158. The lowest BCUT2D eigenvalue weighted by Gasteiger charge is -2.18. The average Bonchev–Trinajstić information content (AvgIpc) is 2.96. The third-order valence-electron chi connectivity index (χ3n) is 3.79. The van der Waals surface area contributed by atoms with Gasteiger partial charge < -0.3 is 4.74 Å². The highest BCUT2D eigenvalue weighted by Gasteiger charge is 2.37. The van der Waals surface area contributed by atoms with Gasteiger partial charge in [0.25, 0.3) is 5.91 Å². The summed E-state index contributed by atoms with van der Waals surface area (Å²) in [5.74, 6) is -0.373. The normalized spacial score (nSPS) is 17.5. The minimum Gasteiger partial charge on any atom is -0.446 e. The van der Waals surface area contributed by atoms with Crippen molar-refractivity contribution in [2.45, 2.75) is 13.0 Å². The zero-order valence-corrected chi connectivity index (χ0v) is 12.8. The second-order valence-corrected chi connectivity index (χ2v) is 5.46. The maximum absolute atomic E-state index is 12.4. The molecule has 0 N–H and O–H groups in total. The molecule has 2 amide bonds. The van der Waals surface area contributed by atoms with Crippen molar-refractivity contribution in [3.05, 3.63) is 77.4 Å². The van der Waals surface area contributed by atoms with Gasteiger partial charge >= 0.3 is 6.09 Å². The highest BCUT2D eigenvalue weighted by molar-refractivity contribution is 6.02. The van der Waals surface area contributed by atoms with Gasteiger partial charge in [-0.3, -0.25) is 4.79 Å². The van der Waals surface area contributed by atoms with Crippen LogP contribution < -0.4 is 0 Å². The second kappa shape index (κ2) is 6.48. The minimum atomic E-state index is -0.600. The summed E-state index contributed by atoms with van der Waals surface area (Å²) in [4.78, 5) is 25.5. The van der Waals surface area contributed by atoms with E-state index in [4.69, 9.17) is 4.74 Å². The molecular weight excluding hydrogens is 290 g/mol. The largest absolute Gasteiger partial charge is 0.446 e. The number of hydrogen-bond acceptors (Lipinski definition) is 3. The van der Waals surface area contributed by atoms with Crippen molar-refractivity contribution in [1.82, 2.24) is 4.90 Å². The quantitative estimate of drug-likeness (QED) is 0.812. The number of cyclic esters (lactones) is 1. The Kier molecular flexibility index (Phi) is 4.24. The van der Waals surface area contributed by atoms with Crippen LogP contribution in [0.1, 0.15) is 22.7 Å². The predicted molar refractivity (Wildman–Crippen MR) is 87.6 cm³/mol. The zero-order valence-electron chi connectivity index (χ0n) is 12.8. The summed E-state index contributed by atoms with van der Waals surface area (Å²) in [6.45, 7) is 2.19. The topological polar surface area (TPSA) is 46.6 Å². The molecule has 1 aliphatic heterocycles. The first kappa shape index (κ1) is 15.0. The molecule has 0 bridgehead atoms. The highest BCUT2D eigenvalue weighted by Crippen LogP contribution is 2.27. The van der Waals surface area contributed by atoms with Crippen molar-refractivity contribution in [1.29, 1.82) is 0 Å². The number of amides is 2. The number of carbonyl (C=O) groups is 2. The van der Waals surface area contributed by atoms with E-state index in [2.05, 4.69) is 0 Å². The molecular formula is C19H17NO3. The lowest BCUT2D eigenvalue weighted by Crippen LogP contribution is -2.32. The first-order chi connectivity index (χ1) is 11.1. The van der Waals surface area contributed by atoms with E-state index in [0.717, 1.165) is 16.7 Å². The maximum Gasteiger partial charge on any atom is 0.417 e. The van der Waals surface area contributed by atoms with Crippen LogP contribution in [0.3, 0.4) is 0 Å². The van der Waals surface area contributed by atoms with Crippen LogP contribution in [0.15, 0.2) is 60.7 Å². The van der Waals surface area contributed by atoms with E-state index in [-0.39, 0.29) is 18.6 Å². The molecule has 1 heterocycles. The van der Waals surface area contributed by atoms with Crippen molar-refractivity contribution < 1.29 is 14.3 Å². The first-order valence-electron chi connectivity index (χ1n) is 7.45. The molecule has 0 saturated carbocycles. The Morgan fingerprint density at radius 2 is 1.83 bits per heavy atom. The fourth-order valence-electron chi connectivity index (χ4n) is 2.51. The molecule has 23 heavy (non-hydrogen) atoms. The molecule has 0 spiro atoms.